The highest BCUT2D eigenvalue weighted by molar-refractivity contribution is 5.80. The molecule has 210 valence electrons. The summed E-state index contributed by atoms with van der Waals surface area (Å²) < 4.78 is 5.56. The summed E-state index contributed by atoms with van der Waals surface area (Å²) in [6.45, 7) is 6.21. The zero-order chi connectivity index (χ0) is 27.5. The van der Waals surface area contributed by atoms with Gasteiger partial charge in [-0.15, -0.1) is 0 Å². The van der Waals surface area contributed by atoms with Crippen LogP contribution >= 0.6 is 0 Å². The Morgan fingerprint density at radius 1 is 1.10 bits per heavy atom. The fraction of sp³-hybridized carbons (Fsp3) is 0.594. The van der Waals surface area contributed by atoms with Crippen LogP contribution in [-0.2, 0) is 23.2 Å². The SMILES string of the molecule is CCCC1(O)C(C)N(CC2CC2)CC2Cc3ccc(OC)c(O)c3C21C1CC(=O)N(Cc2ccccc2)C1O. The van der Waals surface area contributed by atoms with Gasteiger partial charge in [0.25, 0.3) is 0 Å². The molecule has 7 heteroatoms. The first kappa shape index (κ1) is 26.6. The van der Waals surface area contributed by atoms with Crippen molar-refractivity contribution in [3.05, 3.63) is 59.2 Å². The van der Waals surface area contributed by atoms with E-state index >= 15 is 0 Å². The Morgan fingerprint density at radius 2 is 1.85 bits per heavy atom. The number of aliphatic hydroxyl groups excluding tert-OH is 1. The van der Waals surface area contributed by atoms with E-state index in [4.69, 9.17) is 4.74 Å². The Morgan fingerprint density at radius 3 is 2.51 bits per heavy atom. The number of fused-ring (bicyclic) bond motifs is 3. The number of nitrogens with zero attached hydrogens (tertiary/aromatic N) is 2. The van der Waals surface area contributed by atoms with Gasteiger partial charge in [-0.1, -0.05) is 49.7 Å². The van der Waals surface area contributed by atoms with Gasteiger partial charge in [0, 0.05) is 49.0 Å². The number of carbonyl (C=O) groups excluding carboxylic acids is 1. The second-order valence-corrected chi connectivity index (χ2v) is 12.4. The van der Waals surface area contributed by atoms with Crippen molar-refractivity contribution in [2.45, 2.75) is 82.2 Å². The molecule has 2 aliphatic heterocycles. The van der Waals surface area contributed by atoms with Gasteiger partial charge in [0.05, 0.1) is 12.7 Å². The van der Waals surface area contributed by atoms with Gasteiger partial charge in [0.15, 0.2) is 11.5 Å². The number of phenols is 1. The van der Waals surface area contributed by atoms with E-state index in [0.29, 0.717) is 36.6 Å². The summed E-state index contributed by atoms with van der Waals surface area (Å²) in [5, 5.41) is 36.8. The lowest BCUT2D eigenvalue weighted by molar-refractivity contribution is -0.194. The van der Waals surface area contributed by atoms with E-state index in [1.807, 2.05) is 36.4 Å². The summed E-state index contributed by atoms with van der Waals surface area (Å²) in [5.41, 5.74) is 0.348. The molecule has 6 rings (SSSR count). The Kier molecular flexibility index (Phi) is 6.68. The van der Waals surface area contributed by atoms with Gasteiger partial charge < -0.3 is 25.0 Å². The number of carbonyl (C=O) groups is 1. The maximum atomic E-state index is 13.6. The highest BCUT2D eigenvalue weighted by Crippen LogP contribution is 2.65. The van der Waals surface area contributed by atoms with Gasteiger partial charge in [-0.25, -0.2) is 0 Å². The maximum Gasteiger partial charge on any atom is 0.225 e. The molecule has 7 nitrogen and oxygen atoms in total. The number of amides is 1. The zero-order valence-electron chi connectivity index (χ0n) is 23.3. The third kappa shape index (κ3) is 3.92. The monoisotopic (exact) mass is 534 g/mol. The van der Waals surface area contributed by atoms with Gasteiger partial charge in [0.2, 0.25) is 5.91 Å². The molecular weight excluding hydrogens is 492 g/mol. The molecule has 2 heterocycles. The Bertz CT molecular complexity index is 1230. The number of ether oxygens (including phenoxy) is 1. The molecule has 2 aromatic carbocycles. The van der Waals surface area contributed by atoms with Gasteiger partial charge in [0.1, 0.15) is 6.23 Å². The van der Waals surface area contributed by atoms with Crippen molar-refractivity contribution in [2.75, 3.05) is 20.2 Å². The summed E-state index contributed by atoms with van der Waals surface area (Å²) in [5.74, 6) is 0.327. The van der Waals surface area contributed by atoms with Crippen molar-refractivity contribution < 1.29 is 24.9 Å². The molecule has 0 bridgehead atoms. The summed E-state index contributed by atoms with van der Waals surface area (Å²) in [6, 6.07) is 13.3. The number of phenolic OH excluding ortho intramolecular Hbond substituents is 1. The summed E-state index contributed by atoms with van der Waals surface area (Å²) in [7, 11) is 1.54. The minimum atomic E-state index is -1.26. The predicted octanol–water partition coefficient (Wildman–Crippen LogP) is 3.82. The number of piperidine rings is 1. The number of likely N-dealkylation sites (tertiary alicyclic amines) is 2. The molecule has 2 aliphatic carbocycles. The number of benzene rings is 2. The molecule has 1 amide bonds. The van der Waals surface area contributed by atoms with Crippen LogP contribution < -0.4 is 4.74 Å². The van der Waals surface area contributed by atoms with E-state index in [9.17, 15) is 20.1 Å². The fourth-order valence-corrected chi connectivity index (χ4v) is 8.51. The first-order valence-electron chi connectivity index (χ1n) is 14.6. The number of aromatic hydroxyl groups is 1. The first-order chi connectivity index (χ1) is 18.8. The number of methoxy groups -OCH3 is 1. The van der Waals surface area contributed by atoms with E-state index in [-0.39, 0.29) is 30.0 Å². The van der Waals surface area contributed by atoms with E-state index in [0.717, 1.165) is 30.6 Å². The van der Waals surface area contributed by atoms with Gasteiger partial charge >= 0.3 is 0 Å². The second-order valence-electron chi connectivity index (χ2n) is 12.4. The molecule has 0 spiro atoms. The molecule has 6 atom stereocenters. The van der Waals surface area contributed by atoms with Crippen LogP contribution in [0.15, 0.2) is 42.5 Å². The number of hydrogen-bond donors (Lipinski definition) is 3. The molecule has 2 aromatic rings. The largest absolute Gasteiger partial charge is 0.504 e. The molecule has 39 heavy (non-hydrogen) atoms. The number of aliphatic hydroxyl groups is 2. The molecule has 3 N–H and O–H groups in total. The van der Waals surface area contributed by atoms with Gasteiger partial charge in [-0.3, -0.25) is 9.69 Å². The van der Waals surface area contributed by atoms with Crippen LogP contribution in [-0.4, -0.2) is 69.1 Å². The number of rotatable bonds is 8. The lowest BCUT2D eigenvalue weighted by atomic mass is 9.50. The maximum absolute atomic E-state index is 13.6. The van der Waals surface area contributed by atoms with Crippen molar-refractivity contribution in [3.8, 4) is 11.5 Å². The lowest BCUT2D eigenvalue weighted by Gasteiger charge is -2.62. The van der Waals surface area contributed by atoms with Crippen molar-refractivity contribution >= 4 is 5.91 Å². The Balaban J connectivity index is 1.51. The van der Waals surface area contributed by atoms with Crippen LogP contribution in [0.3, 0.4) is 0 Å². The van der Waals surface area contributed by atoms with Crippen LogP contribution in [0.4, 0.5) is 0 Å². The normalized spacial score (nSPS) is 34.3. The number of hydrogen-bond acceptors (Lipinski definition) is 6. The van der Waals surface area contributed by atoms with E-state index < -0.39 is 23.2 Å². The van der Waals surface area contributed by atoms with Crippen molar-refractivity contribution in [1.29, 1.82) is 0 Å². The summed E-state index contributed by atoms with van der Waals surface area (Å²) >= 11 is 0. The summed E-state index contributed by atoms with van der Waals surface area (Å²) in [6.07, 6.45) is 3.45. The molecule has 2 saturated heterocycles. The third-order valence-corrected chi connectivity index (χ3v) is 10.4. The van der Waals surface area contributed by atoms with Crippen LogP contribution in [0, 0.1) is 17.8 Å². The van der Waals surface area contributed by atoms with Gasteiger partial charge in [-0.05, 0) is 61.6 Å². The smallest absolute Gasteiger partial charge is 0.225 e. The predicted molar refractivity (Wildman–Crippen MR) is 148 cm³/mol. The Hall–Kier alpha value is -2.61. The van der Waals surface area contributed by atoms with E-state index in [2.05, 4.69) is 18.7 Å². The molecule has 3 fully saturated rings. The van der Waals surface area contributed by atoms with Crippen molar-refractivity contribution in [3.63, 3.8) is 0 Å². The molecule has 0 aromatic heterocycles. The standard InChI is InChI=1S/C32H42N2O5/c1-4-14-31(38)20(2)33(17-22-10-11-22)19-24-15-23-12-13-26(39-3)29(36)28(23)32(24,31)25-16-27(35)34(30(25)37)18-21-8-6-5-7-9-21/h5-9,12-13,20,22,24-25,30,36-38H,4,10-11,14-19H2,1-3H3. The average molecular weight is 535 g/mol. The highest BCUT2D eigenvalue weighted by atomic mass is 16.5. The van der Waals surface area contributed by atoms with Crippen molar-refractivity contribution in [2.24, 2.45) is 17.8 Å². The lowest BCUT2D eigenvalue weighted by Crippen LogP contribution is -2.73. The van der Waals surface area contributed by atoms with Crippen molar-refractivity contribution in [1.82, 2.24) is 9.80 Å². The van der Waals surface area contributed by atoms with E-state index in [1.54, 1.807) is 11.0 Å². The average Bonchev–Trinajstić information content (AvgIpc) is 3.62. The third-order valence-electron chi connectivity index (χ3n) is 10.4. The molecular formula is C32H42N2O5. The van der Waals surface area contributed by atoms with Crippen LogP contribution in [0.1, 0.15) is 62.6 Å². The molecule has 0 radical (unpaired) electrons. The van der Waals surface area contributed by atoms with Crippen LogP contribution in [0.25, 0.3) is 0 Å². The van der Waals surface area contributed by atoms with Gasteiger partial charge in [-0.2, -0.15) is 0 Å². The molecule has 1 saturated carbocycles. The Labute approximate surface area is 231 Å². The minimum absolute atomic E-state index is 0.0380. The second kappa shape index (κ2) is 9.79. The minimum Gasteiger partial charge on any atom is -0.504 e. The molecule has 4 aliphatic rings. The highest BCUT2D eigenvalue weighted by Gasteiger charge is 2.71. The quantitative estimate of drug-likeness (QED) is 0.477. The summed E-state index contributed by atoms with van der Waals surface area (Å²) in [4.78, 5) is 17.6. The topological polar surface area (TPSA) is 93.5 Å². The van der Waals surface area contributed by atoms with Crippen LogP contribution in [0.5, 0.6) is 11.5 Å². The molecule has 6 unspecified atom stereocenters. The zero-order valence-corrected chi connectivity index (χ0v) is 23.3. The van der Waals surface area contributed by atoms with E-state index in [1.165, 1.54) is 20.0 Å². The fourth-order valence-electron chi connectivity index (χ4n) is 8.51. The first-order valence-corrected chi connectivity index (χ1v) is 14.6. The van der Waals surface area contributed by atoms with Crippen LogP contribution in [0.2, 0.25) is 0 Å².